The molecule has 2 fully saturated rings. The van der Waals surface area contributed by atoms with Crippen LogP contribution in [-0.4, -0.2) is 30.6 Å². The van der Waals surface area contributed by atoms with E-state index >= 15 is 0 Å². The summed E-state index contributed by atoms with van der Waals surface area (Å²) in [5.74, 6) is 0.252. The van der Waals surface area contributed by atoms with Crippen molar-refractivity contribution in [3.05, 3.63) is 22.6 Å². The van der Waals surface area contributed by atoms with Crippen LogP contribution in [-0.2, 0) is 4.74 Å². The highest BCUT2D eigenvalue weighted by Crippen LogP contribution is 2.43. The van der Waals surface area contributed by atoms with Gasteiger partial charge in [-0.1, -0.05) is 6.42 Å². The van der Waals surface area contributed by atoms with E-state index in [2.05, 4.69) is 0 Å². The van der Waals surface area contributed by atoms with Gasteiger partial charge in [0.2, 0.25) is 0 Å². The highest BCUT2D eigenvalue weighted by atomic mass is 16.5. The van der Waals surface area contributed by atoms with E-state index in [9.17, 15) is 14.7 Å². The standard InChI is InChI=1S/C15H18O5/c16-8-11-12(15(17)18)14(10-4-6-19-7-5-10)20-13(11)9-2-1-3-9/h8-10H,1-7H2,(H,17,18). The zero-order chi connectivity index (χ0) is 14.1. The summed E-state index contributed by atoms with van der Waals surface area (Å²) in [7, 11) is 0. The van der Waals surface area contributed by atoms with Crippen LogP contribution < -0.4 is 0 Å². The molecule has 0 radical (unpaired) electrons. The maximum atomic E-state index is 11.5. The molecule has 0 aromatic carbocycles. The minimum Gasteiger partial charge on any atom is -0.478 e. The Morgan fingerprint density at radius 1 is 1.10 bits per heavy atom. The molecule has 108 valence electrons. The number of carbonyl (C=O) groups is 2. The molecule has 0 bridgehead atoms. The van der Waals surface area contributed by atoms with Crippen molar-refractivity contribution in [1.82, 2.24) is 0 Å². The van der Waals surface area contributed by atoms with Gasteiger partial charge in [-0.3, -0.25) is 4.79 Å². The van der Waals surface area contributed by atoms with Crippen molar-refractivity contribution in [2.24, 2.45) is 0 Å². The van der Waals surface area contributed by atoms with Gasteiger partial charge in [-0.25, -0.2) is 4.79 Å². The number of aldehydes is 1. The van der Waals surface area contributed by atoms with Crippen LogP contribution in [0.25, 0.3) is 0 Å². The second kappa shape index (κ2) is 5.40. The molecule has 1 aliphatic carbocycles. The fourth-order valence-corrected chi connectivity index (χ4v) is 3.04. The van der Waals surface area contributed by atoms with Crippen LogP contribution >= 0.6 is 0 Å². The van der Waals surface area contributed by atoms with Gasteiger partial charge in [0.15, 0.2) is 6.29 Å². The summed E-state index contributed by atoms with van der Waals surface area (Å²) >= 11 is 0. The van der Waals surface area contributed by atoms with Gasteiger partial charge in [0.25, 0.3) is 0 Å². The Kier molecular flexibility index (Phi) is 3.61. The number of carboxylic acids is 1. The molecule has 0 amide bonds. The number of furan rings is 1. The summed E-state index contributed by atoms with van der Waals surface area (Å²) in [5.41, 5.74) is 0.331. The SMILES string of the molecule is O=Cc1c(C2CCC2)oc(C2CCOCC2)c1C(=O)O. The van der Waals surface area contributed by atoms with Crippen LogP contribution in [0, 0.1) is 0 Å². The van der Waals surface area contributed by atoms with E-state index in [0.29, 0.717) is 31.0 Å². The van der Waals surface area contributed by atoms with E-state index in [4.69, 9.17) is 9.15 Å². The summed E-state index contributed by atoms with van der Waals surface area (Å²) in [6.45, 7) is 1.22. The molecular weight excluding hydrogens is 260 g/mol. The van der Waals surface area contributed by atoms with E-state index in [-0.39, 0.29) is 23.0 Å². The molecular formula is C15H18O5. The molecule has 5 nitrogen and oxygen atoms in total. The van der Waals surface area contributed by atoms with E-state index < -0.39 is 5.97 Å². The number of hydrogen-bond acceptors (Lipinski definition) is 4. The zero-order valence-corrected chi connectivity index (χ0v) is 11.3. The van der Waals surface area contributed by atoms with Crippen molar-refractivity contribution >= 4 is 12.3 Å². The molecule has 20 heavy (non-hydrogen) atoms. The quantitative estimate of drug-likeness (QED) is 0.857. The molecule has 2 aliphatic rings. The van der Waals surface area contributed by atoms with Gasteiger partial charge in [0, 0.05) is 25.0 Å². The maximum Gasteiger partial charge on any atom is 0.340 e. The van der Waals surface area contributed by atoms with Crippen molar-refractivity contribution < 1.29 is 23.8 Å². The Morgan fingerprint density at radius 2 is 1.75 bits per heavy atom. The Bertz CT molecular complexity index is 521. The first kappa shape index (κ1) is 13.4. The first-order valence-corrected chi connectivity index (χ1v) is 7.15. The third-order valence-electron chi connectivity index (χ3n) is 4.40. The minimum atomic E-state index is -1.07. The molecule has 1 aromatic rings. The number of aromatic carboxylic acids is 1. The summed E-state index contributed by atoms with van der Waals surface area (Å²) in [6, 6.07) is 0. The molecule has 3 rings (SSSR count). The predicted molar refractivity (Wildman–Crippen MR) is 70.4 cm³/mol. The van der Waals surface area contributed by atoms with Gasteiger partial charge >= 0.3 is 5.97 Å². The van der Waals surface area contributed by atoms with Crippen molar-refractivity contribution in [3.63, 3.8) is 0 Å². The fraction of sp³-hybridized carbons (Fsp3) is 0.600. The molecule has 1 saturated heterocycles. The highest BCUT2D eigenvalue weighted by molar-refractivity contribution is 5.99. The van der Waals surface area contributed by atoms with Gasteiger partial charge in [0.1, 0.15) is 17.1 Å². The van der Waals surface area contributed by atoms with Crippen LogP contribution in [0.5, 0.6) is 0 Å². The van der Waals surface area contributed by atoms with E-state index in [1.165, 1.54) is 0 Å². The Balaban J connectivity index is 2.04. The van der Waals surface area contributed by atoms with E-state index in [0.717, 1.165) is 32.1 Å². The third-order valence-corrected chi connectivity index (χ3v) is 4.40. The third kappa shape index (κ3) is 2.16. The lowest BCUT2D eigenvalue weighted by Crippen LogP contribution is -2.16. The summed E-state index contributed by atoms with van der Waals surface area (Å²) in [4.78, 5) is 22.9. The highest BCUT2D eigenvalue weighted by Gasteiger charge is 2.35. The molecule has 1 aromatic heterocycles. The molecule has 2 heterocycles. The summed E-state index contributed by atoms with van der Waals surface area (Å²) in [5, 5.41) is 9.44. The summed E-state index contributed by atoms with van der Waals surface area (Å²) in [6.07, 6.45) is 5.19. The monoisotopic (exact) mass is 278 g/mol. The second-order valence-electron chi connectivity index (χ2n) is 5.56. The Labute approximate surface area is 116 Å². The van der Waals surface area contributed by atoms with Gasteiger partial charge in [-0.15, -0.1) is 0 Å². The van der Waals surface area contributed by atoms with Crippen LogP contribution in [0.15, 0.2) is 4.42 Å². The van der Waals surface area contributed by atoms with Crippen LogP contribution in [0.3, 0.4) is 0 Å². The molecule has 1 saturated carbocycles. The van der Waals surface area contributed by atoms with Gasteiger partial charge in [-0.05, 0) is 25.7 Å². The van der Waals surface area contributed by atoms with Crippen molar-refractivity contribution in [1.29, 1.82) is 0 Å². The fourth-order valence-electron chi connectivity index (χ4n) is 3.04. The second-order valence-corrected chi connectivity index (χ2v) is 5.56. The molecule has 5 heteroatoms. The van der Waals surface area contributed by atoms with E-state index in [1.54, 1.807) is 0 Å². The Morgan fingerprint density at radius 3 is 2.25 bits per heavy atom. The lowest BCUT2D eigenvalue weighted by molar-refractivity contribution is 0.0673. The first-order chi connectivity index (χ1) is 9.72. The average Bonchev–Trinajstić information content (AvgIpc) is 2.77. The Hall–Kier alpha value is -1.62. The first-order valence-electron chi connectivity index (χ1n) is 7.15. The molecule has 0 spiro atoms. The normalized spacial score (nSPS) is 20.6. The number of ether oxygens (including phenoxy) is 1. The van der Waals surface area contributed by atoms with Crippen molar-refractivity contribution in [2.75, 3.05) is 13.2 Å². The average molecular weight is 278 g/mol. The van der Waals surface area contributed by atoms with Gasteiger partial charge < -0.3 is 14.3 Å². The number of carboxylic acid groups (broad SMARTS) is 1. The number of hydrogen-bond donors (Lipinski definition) is 1. The lowest BCUT2D eigenvalue weighted by atomic mass is 9.82. The van der Waals surface area contributed by atoms with Gasteiger partial charge in [0.05, 0.1) is 5.56 Å². The zero-order valence-electron chi connectivity index (χ0n) is 11.3. The number of rotatable bonds is 4. The molecule has 0 atom stereocenters. The largest absolute Gasteiger partial charge is 0.478 e. The predicted octanol–water partition coefficient (Wildman–Crippen LogP) is 2.95. The topological polar surface area (TPSA) is 76.7 Å². The van der Waals surface area contributed by atoms with Crippen molar-refractivity contribution in [2.45, 2.75) is 43.9 Å². The molecule has 0 unspecified atom stereocenters. The maximum absolute atomic E-state index is 11.5. The number of carbonyl (C=O) groups excluding carboxylic acids is 1. The molecule has 1 N–H and O–H groups in total. The van der Waals surface area contributed by atoms with Crippen LogP contribution in [0.2, 0.25) is 0 Å². The van der Waals surface area contributed by atoms with Crippen LogP contribution in [0.1, 0.15) is 76.2 Å². The van der Waals surface area contributed by atoms with Gasteiger partial charge in [-0.2, -0.15) is 0 Å². The van der Waals surface area contributed by atoms with E-state index in [1.807, 2.05) is 0 Å². The minimum absolute atomic E-state index is 0.0439. The smallest absolute Gasteiger partial charge is 0.340 e. The molecule has 1 aliphatic heterocycles. The van der Waals surface area contributed by atoms with Crippen LogP contribution in [0.4, 0.5) is 0 Å². The lowest BCUT2D eigenvalue weighted by Gasteiger charge is -2.24. The summed E-state index contributed by atoms with van der Waals surface area (Å²) < 4.78 is 11.2. The van der Waals surface area contributed by atoms with Crippen molar-refractivity contribution in [3.8, 4) is 0 Å².